The number of aromatic carboxylic acids is 1. The van der Waals surface area contributed by atoms with E-state index in [9.17, 15) is 23.1 Å². The highest BCUT2D eigenvalue weighted by Crippen LogP contribution is 2.33. The molecule has 0 aliphatic rings. The Balaban J connectivity index is 1.94. The minimum absolute atomic E-state index is 0.0356. The number of carboxylic acid groups (broad SMARTS) is 2. The number of rotatable bonds is 8. The Labute approximate surface area is 179 Å². The van der Waals surface area contributed by atoms with E-state index in [-0.39, 0.29) is 17.7 Å². The first kappa shape index (κ1) is 21.8. The largest absolute Gasteiger partial charge is 0.507 e. The summed E-state index contributed by atoms with van der Waals surface area (Å²) in [4.78, 5) is 21.8. The van der Waals surface area contributed by atoms with E-state index < -0.39 is 28.6 Å². The number of thiol groups is 1. The van der Waals surface area contributed by atoms with Gasteiger partial charge in [-0.1, -0.05) is 36.4 Å². The number of anilines is 2. The van der Waals surface area contributed by atoms with Gasteiger partial charge in [0.1, 0.15) is 11.3 Å². The molecule has 0 heterocycles. The molecule has 0 fully saturated rings. The predicted octanol–water partition coefficient (Wildman–Crippen LogP) is 3.44. The number of hydrogen-bond acceptors (Lipinski definition) is 5. The molecular formula is C22H19NO7S. The molecule has 3 aromatic rings. The second-order valence-electron chi connectivity index (χ2n) is 6.70. The predicted molar refractivity (Wildman–Crippen MR) is 115 cm³/mol. The Morgan fingerprint density at radius 1 is 0.839 bits per heavy atom. The molecule has 3 N–H and O–H groups in total. The van der Waals surface area contributed by atoms with Crippen LogP contribution in [0.4, 0.5) is 11.4 Å². The Morgan fingerprint density at radius 2 is 1.52 bits per heavy atom. The molecule has 0 saturated carbocycles. The first-order valence-corrected chi connectivity index (χ1v) is 10.3. The van der Waals surface area contributed by atoms with Crippen molar-refractivity contribution in [1.82, 2.24) is 0 Å². The van der Waals surface area contributed by atoms with Gasteiger partial charge in [0.05, 0.1) is 11.4 Å². The Bertz CT molecular complexity index is 1190. The van der Waals surface area contributed by atoms with Crippen LogP contribution in [-0.2, 0) is 22.1 Å². The molecule has 0 amide bonds. The van der Waals surface area contributed by atoms with E-state index in [0.29, 0.717) is 12.1 Å². The normalized spacial score (nSPS) is 10.7. The van der Waals surface area contributed by atoms with Crippen molar-refractivity contribution < 1.29 is 33.3 Å². The van der Waals surface area contributed by atoms with Gasteiger partial charge in [-0.2, -0.15) is 0 Å². The van der Waals surface area contributed by atoms with Gasteiger partial charge >= 0.3 is 11.9 Å². The van der Waals surface area contributed by atoms with Crippen LogP contribution in [0.5, 0.6) is 5.75 Å². The summed E-state index contributed by atoms with van der Waals surface area (Å²) < 4.78 is 24.9. The number of phenols is 1. The fraction of sp³-hybridized carbons (Fsp3) is 0.0909. The first-order chi connectivity index (χ1) is 14.8. The van der Waals surface area contributed by atoms with Crippen LogP contribution >= 0.6 is 0 Å². The van der Waals surface area contributed by atoms with Gasteiger partial charge in [-0.3, -0.25) is 4.79 Å². The molecule has 160 valence electrons. The molecule has 0 atom stereocenters. The van der Waals surface area contributed by atoms with E-state index in [1.165, 1.54) is 6.07 Å². The Kier molecular flexibility index (Phi) is 6.56. The van der Waals surface area contributed by atoms with Crippen molar-refractivity contribution in [2.75, 3.05) is 4.31 Å². The maximum absolute atomic E-state index is 12.0. The van der Waals surface area contributed by atoms with Gasteiger partial charge in [0, 0.05) is 12.5 Å². The maximum Gasteiger partial charge on any atom is 0.339 e. The van der Waals surface area contributed by atoms with E-state index in [2.05, 4.69) is 0 Å². The van der Waals surface area contributed by atoms with Crippen LogP contribution in [0, 0.1) is 0 Å². The van der Waals surface area contributed by atoms with Gasteiger partial charge in [-0.05, 0) is 47.4 Å². The summed E-state index contributed by atoms with van der Waals surface area (Å²) >= 11 is 0. The fourth-order valence-electron chi connectivity index (χ4n) is 3.10. The summed E-state index contributed by atoms with van der Waals surface area (Å²) in [6.45, 7) is 0. The topological polar surface area (TPSA) is 132 Å². The lowest BCUT2D eigenvalue weighted by molar-refractivity contribution is -0.136. The summed E-state index contributed by atoms with van der Waals surface area (Å²) in [5.74, 6) is -2.73. The van der Waals surface area contributed by atoms with E-state index in [4.69, 9.17) is 10.2 Å². The lowest BCUT2D eigenvalue weighted by Gasteiger charge is -2.19. The van der Waals surface area contributed by atoms with Crippen molar-refractivity contribution in [1.29, 1.82) is 0 Å². The van der Waals surface area contributed by atoms with Gasteiger partial charge in [0.2, 0.25) is 10.9 Å². The molecule has 0 aliphatic carbocycles. The highest BCUT2D eigenvalue weighted by Gasteiger charge is 2.17. The van der Waals surface area contributed by atoms with Crippen molar-refractivity contribution in [2.45, 2.75) is 12.8 Å². The van der Waals surface area contributed by atoms with Gasteiger partial charge in [0.15, 0.2) is 0 Å². The highest BCUT2D eigenvalue weighted by atomic mass is 32.2. The van der Waals surface area contributed by atoms with Crippen LogP contribution in [0.1, 0.15) is 22.3 Å². The summed E-state index contributed by atoms with van der Waals surface area (Å²) in [6, 6.07) is 17.5. The zero-order valence-electron chi connectivity index (χ0n) is 16.1. The van der Waals surface area contributed by atoms with E-state index in [1.54, 1.807) is 24.3 Å². The van der Waals surface area contributed by atoms with Crippen molar-refractivity contribution in [2.24, 2.45) is 0 Å². The van der Waals surface area contributed by atoms with Crippen molar-refractivity contribution in [3.05, 3.63) is 77.9 Å². The lowest BCUT2D eigenvalue weighted by Crippen LogP contribution is -2.14. The maximum atomic E-state index is 12.0. The number of benzene rings is 3. The summed E-state index contributed by atoms with van der Waals surface area (Å²) in [6.07, 6.45) is 0.448. The van der Waals surface area contributed by atoms with E-state index >= 15 is 0 Å². The minimum atomic E-state index is -3.13. The van der Waals surface area contributed by atoms with Gasteiger partial charge in [-0.15, -0.1) is 0 Å². The average molecular weight is 441 g/mol. The number of hydrogen-bond donors (Lipinski definition) is 4. The molecule has 0 unspecified atom stereocenters. The average Bonchev–Trinajstić information content (AvgIpc) is 2.72. The van der Waals surface area contributed by atoms with Crippen LogP contribution in [0.3, 0.4) is 0 Å². The molecule has 0 saturated heterocycles. The third-order valence-electron chi connectivity index (χ3n) is 4.63. The van der Waals surface area contributed by atoms with Gasteiger partial charge in [-0.25, -0.2) is 17.5 Å². The number of aliphatic carboxylic acids is 1. The van der Waals surface area contributed by atoms with Crippen molar-refractivity contribution in [3.63, 3.8) is 0 Å². The van der Waals surface area contributed by atoms with Gasteiger partial charge in [0.25, 0.3) is 0 Å². The van der Waals surface area contributed by atoms with Crippen LogP contribution in [-0.4, -0.2) is 35.7 Å². The highest BCUT2D eigenvalue weighted by molar-refractivity contribution is 7.74. The molecule has 0 radical (unpaired) electrons. The number of aromatic hydroxyl groups is 1. The first-order valence-electron chi connectivity index (χ1n) is 9.18. The quantitative estimate of drug-likeness (QED) is 0.394. The van der Waals surface area contributed by atoms with Crippen LogP contribution in [0.2, 0.25) is 0 Å². The number of carboxylic acids is 2. The van der Waals surface area contributed by atoms with E-state index in [1.807, 2.05) is 24.3 Å². The van der Waals surface area contributed by atoms with Crippen LogP contribution < -0.4 is 4.31 Å². The molecule has 0 bridgehead atoms. The summed E-state index contributed by atoms with van der Waals surface area (Å²) in [5, 5.41) is 27.8. The van der Waals surface area contributed by atoms with Crippen LogP contribution in [0.25, 0.3) is 11.1 Å². The Hall–Kier alpha value is -3.85. The second kappa shape index (κ2) is 9.31. The SMILES string of the molecule is O=C(O)CCc1ccc(-c2cccc(N(c3ccc(C(=O)O)c(O)c3)[SH](=O)=O)c2)cc1. The minimum Gasteiger partial charge on any atom is -0.507 e. The molecule has 3 aromatic carbocycles. The molecule has 9 heteroatoms. The fourth-order valence-corrected chi connectivity index (χ4v) is 3.73. The number of aryl methyl sites for hydroxylation is 1. The smallest absolute Gasteiger partial charge is 0.339 e. The molecule has 3 rings (SSSR count). The third kappa shape index (κ3) is 5.20. The number of nitrogens with zero attached hydrogens (tertiary/aromatic N) is 1. The molecule has 0 aromatic heterocycles. The third-order valence-corrected chi connectivity index (χ3v) is 5.41. The second-order valence-corrected chi connectivity index (χ2v) is 7.57. The Morgan fingerprint density at radius 3 is 2.10 bits per heavy atom. The zero-order chi connectivity index (χ0) is 22.5. The molecule has 0 aliphatic heterocycles. The summed E-state index contributed by atoms with van der Waals surface area (Å²) in [5.41, 5.74) is 2.49. The molecular weight excluding hydrogens is 422 g/mol. The molecule has 0 spiro atoms. The monoisotopic (exact) mass is 441 g/mol. The molecule has 8 nitrogen and oxygen atoms in total. The number of carbonyl (C=O) groups is 2. The molecule has 31 heavy (non-hydrogen) atoms. The van der Waals surface area contributed by atoms with Crippen molar-refractivity contribution >= 4 is 34.2 Å². The van der Waals surface area contributed by atoms with Crippen LogP contribution in [0.15, 0.2) is 66.7 Å². The van der Waals surface area contributed by atoms with Gasteiger partial charge < -0.3 is 15.3 Å². The zero-order valence-corrected chi connectivity index (χ0v) is 17.0. The lowest BCUT2D eigenvalue weighted by atomic mass is 10.0. The van der Waals surface area contributed by atoms with E-state index in [0.717, 1.165) is 33.1 Å². The summed E-state index contributed by atoms with van der Waals surface area (Å²) in [7, 11) is -3.13. The van der Waals surface area contributed by atoms with Crippen molar-refractivity contribution in [3.8, 4) is 16.9 Å². The standard InChI is InChI=1S/C22H19NO7S/c24-20-13-18(9-10-19(20)22(27)28)23(31(29)30)17-3-1-2-16(12-17)15-7-4-14(5-8-15)6-11-21(25)26/h1-5,7-10,12-13,24,31H,6,11H2,(H,25,26)(H,27,28).